The van der Waals surface area contributed by atoms with Crippen molar-refractivity contribution in [3.8, 4) is 11.8 Å². The molecule has 2 N–H and O–H groups in total. The second kappa shape index (κ2) is 6.35. The summed E-state index contributed by atoms with van der Waals surface area (Å²) >= 11 is 0. The fourth-order valence-corrected chi connectivity index (χ4v) is 1.64. The van der Waals surface area contributed by atoms with Crippen LogP contribution in [0.3, 0.4) is 0 Å². The van der Waals surface area contributed by atoms with Gasteiger partial charge in [-0.1, -0.05) is 24.3 Å². The molecule has 5 heteroatoms. The maximum atomic E-state index is 13.4. The van der Waals surface area contributed by atoms with Crippen LogP contribution in [0, 0.1) is 17.1 Å². The zero-order valence-corrected chi connectivity index (χ0v) is 10.9. The fourth-order valence-electron chi connectivity index (χ4n) is 1.64. The maximum Gasteiger partial charge on any atom is 0.266 e. The van der Waals surface area contributed by atoms with Gasteiger partial charge in [0.25, 0.3) is 5.91 Å². The lowest BCUT2D eigenvalue weighted by Gasteiger charge is -2.05. The number of rotatable bonds is 3. The molecule has 0 unspecified atom stereocenters. The van der Waals surface area contributed by atoms with Crippen molar-refractivity contribution in [2.24, 2.45) is 0 Å². The second-order valence-corrected chi connectivity index (χ2v) is 4.20. The van der Waals surface area contributed by atoms with Crippen molar-refractivity contribution in [1.82, 2.24) is 0 Å². The molecule has 1 amide bonds. The molecule has 0 aliphatic rings. The molecular weight excluding hydrogens is 271 g/mol. The van der Waals surface area contributed by atoms with E-state index in [-0.39, 0.29) is 17.0 Å². The van der Waals surface area contributed by atoms with Crippen LogP contribution >= 0.6 is 0 Å². The Kier molecular flexibility index (Phi) is 4.32. The van der Waals surface area contributed by atoms with Gasteiger partial charge in [0, 0.05) is 0 Å². The quantitative estimate of drug-likeness (QED) is 0.671. The largest absolute Gasteiger partial charge is 0.508 e. The zero-order valence-electron chi connectivity index (χ0n) is 10.9. The summed E-state index contributed by atoms with van der Waals surface area (Å²) in [4.78, 5) is 11.9. The van der Waals surface area contributed by atoms with Gasteiger partial charge in [-0.05, 0) is 35.9 Å². The Morgan fingerprint density at radius 3 is 2.48 bits per heavy atom. The average Bonchev–Trinajstić information content (AvgIpc) is 2.49. The van der Waals surface area contributed by atoms with Crippen molar-refractivity contribution in [2.75, 3.05) is 5.32 Å². The van der Waals surface area contributed by atoms with Gasteiger partial charge in [0.1, 0.15) is 23.2 Å². The minimum Gasteiger partial charge on any atom is -0.508 e. The van der Waals surface area contributed by atoms with E-state index in [4.69, 9.17) is 5.26 Å². The van der Waals surface area contributed by atoms with Crippen LogP contribution < -0.4 is 5.32 Å². The number of phenolic OH excluding ortho intramolecular Hbond substituents is 1. The summed E-state index contributed by atoms with van der Waals surface area (Å²) in [5.41, 5.74) is 0.423. The van der Waals surface area contributed by atoms with Crippen LogP contribution in [0.5, 0.6) is 5.75 Å². The summed E-state index contributed by atoms with van der Waals surface area (Å²) in [7, 11) is 0. The number of aromatic hydroxyl groups is 1. The average molecular weight is 282 g/mol. The number of para-hydroxylation sites is 1. The molecule has 4 nitrogen and oxygen atoms in total. The number of phenols is 1. The Morgan fingerprint density at radius 2 is 1.86 bits per heavy atom. The molecular formula is C16H11FN2O2. The number of carbonyl (C=O) groups is 1. The third-order valence-corrected chi connectivity index (χ3v) is 2.69. The van der Waals surface area contributed by atoms with Gasteiger partial charge in [-0.3, -0.25) is 4.79 Å². The Balaban J connectivity index is 2.21. The zero-order chi connectivity index (χ0) is 15.2. The molecule has 2 aromatic carbocycles. The smallest absolute Gasteiger partial charge is 0.266 e. The molecule has 0 saturated carbocycles. The van der Waals surface area contributed by atoms with Gasteiger partial charge in [0.2, 0.25) is 0 Å². The van der Waals surface area contributed by atoms with E-state index < -0.39 is 11.7 Å². The van der Waals surface area contributed by atoms with Crippen molar-refractivity contribution in [1.29, 1.82) is 5.26 Å². The predicted octanol–water partition coefficient (Wildman–Crippen LogP) is 3.08. The summed E-state index contributed by atoms with van der Waals surface area (Å²) in [5, 5.41) is 20.6. The summed E-state index contributed by atoms with van der Waals surface area (Å²) in [6.45, 7) is 0. The number of nitrogens with zero attached hydrogens (tertiary/aromatic N) is 1. The first-order valence-corrected chi connectivity index (χ1v) is 6.07. The summed E-state index contributed by atoms with van der Waals surface area (Å²) in [6, 6.07) is 13.5. The molecule has 0 radical (unpaired) electrons. The van der Waals surface area contributed by atoms with Crippen LogP contribution in [-0.2, 0) is 4.79 Å². The van der Waals surface area contributed by atoms with Crippen LogP contribution in [-0.4, -0.2) is 11.0 Å². The van der Waals surface area contributed by atoms with Crippen LogP contribution in [0.2, 0.25) is 0 Å². The van der Waals surface area contributed by atoms with E-state index in [1.165, 1.54) is 36.4 Å². The Bertz CT molecular complexity index is 731. The first-order valence-electron chi connectivity index (χ1n) is 6.07. The van der Waals surface area contributed by atoms with E-state index in [1.54, 1.807) is 24.3 Å². The Labute approximate surface area is 120 Å². The number of amides is 1. The second-order valence-electron chi connectivity index (χ2n) is 4.20. The molecule has 21 heavy (non-hydrogen) atoms. The van der Waals surface area contributed by atoms with E-state index in [0.29, 0.717) is 5.56 Å². The van der Waals surface area contributed by atoms with E-state index in [2.05, 4.69) is 5.32 Å². The number of hydrogen-bond acceptors (Lipinski definition) is 3. The number of nitrogens with one attached hydrogen (secondary N) is 1. The minimum absolute atomic E-state index is 0.00866. The first-order chi connectivity index (χ1) is 10.1. The van der Waals surface area contributed by atoms with Crippen molar-refractivity contribution in [3.63, 3.8) is 0 Å². The SMILES string of the molecule is N#C/C(=C/c1ccc(O)cc1)C(=O)Nc1ccccc1F. The van der Waals surface area contributed by atoms with E-state index in [1.807, 2.05) is 0 Å². The number of halogens is 1. The fraction of sp³-hybridized carbons (Fsp3) is 0. The molecule has 2 aromatic rings. The van der Waals surface area contributed by atoms with Crippen LogP contribution in [0.25, 0.3) is 6.08 Å². The lowest BCUT2D eigenvalue weighted by Crippen LogP contribution is -2.14. The molecule has 104 valence electrons. The van der Waals surface area contributed by atoms with Crippen LogP contribution in [0.4, 0.5) is 10.1 Å². The summed E-state index contributed by atoms with van der Waals surface area (Å²) in [5.74, 6) is -1.19. The number of nitriles is 1. The molecule has 0 fully saturated rings. The molecule has 0 spiro atoms. The highest BCUT2D eigenvalue weighted by Gasteiger charge is 2.11. The monoisotopic (exact) mass is 282 g/mol. The molecule has 0 aromatic heterocycles. The van der Waals surface area contributed by atoms with Crippen molar-refractivity contribution in [3.05, 3.63) is 65.5 Å². The highest BCUT2D eigenvalue weighted by molar-refractivity contribution is 6.09. The topological polar surface area (TPSA) is 73.1 Å². The minimum atomic E-state index is -0.698. The Morgan fingerprint density at radius 1 is 1.19 bits per heavy atom. The van der Waals surface area contributed by atoms with Gasteiger partial charge in [0.05, 0.1) is 5.69 Å². The van der Waals surface area contributed by atoms with Crippen molar-refractivity contribution in [2.45, 2.75) is 0 Å². The molecule has 0 bridgehead atoms. The van der Waals surface area contributed by atoms with Crippen LogP contribution in [0.15, 0.2) is 54.1 Å². The van der Waals surface area contributed by atoms with Gasteiger partial charge in [-0.2, -0.15) is 5.26 Å². The molecule has 0 aliphatic heterocycles. The lowest BCUT2D eigenvalue weighted by molar-refractivity contribution is -0.112. The summed E-state index contributed by atoms with van der Waals surface area (Å²) < 4.78 is 13.4. The standard InChI is InChI=1S/C16H11FN2O2/c17-14-3-1-2-4-15(14)19-16(21)12(10-18)9-11-5-7-13(20)8-6-11/h1-9,20H,(H,19,21)/b12-9-. The van der Waals surface area contributed by atoms with Gasteiger partial charge in [-0.15, -0.1) is 0 Å². The van der Waals surface area contributed by atoms with Gasteiger partial charge >= 0.3 is 0 Å². The molecule has 0 atom stereocenters. The third-order valence-electron chi connectivity index (χ3n) is 2.69. The molecule has 0 aliphatic carbocycles. The van der Waals surface area contributed by atoms with E-state index >= 15 is 0 Å². The predicted molar refractivity (Wildman–Crippen MR) is 76.7 cm³/mol. The highest BCUT2D eigenvalue weighted by Crippen LogP contribution is 2.16. The van der Waals surface area contributed by atoms with Gasteiger partial charge in [-0.25, -0.2) is 4.39 Å². The first kappa shape index (κ1) is 14.3. The van der Waals surface area contributed by atoms with Crippen molar-refractivity contribution < 1.29 is 14.3 Å². The van der Waals surface area contributed by atoms with Gasteiger partial charge < -0.3 is 10.4 Å². The van der Waals surface area contributed by atoms with Crippen molar-refractivity contribution >= 4 is 17.7 Å². The number of benzene rings is 2. The summed E-state index contributed by atoms with van der Waals surface area (Å²) in [6.07, 6.45) is 1.36. The third kappa shape index (κ3) is 3.67. The van der Waals surface area contributed by atoms with E-state index in [0.717, 1.165) is 0 Å². The number of carbonyl (C=O) groups excluding carboxylic acids is 1. The molecule has 0 saturated heterocycles. The molecule has 2 rings (SSSR count). The number of hydrogen-bond donors (Lipinski definition) is 2. The maximum absolute atomic E-state index is 13.4. The lowest BCUT2D eigenvalue weighted by atomic mass is 10.1. The van der Waals surface area contributed by atoms with Crippen LogP contribution in [0.1, 0.15) is 5.56 Å². The van der Waals surface area contributed by atoms with Gasteiger partial charge in [0.15, 0.2) is 0 Å². The Hall–Kier alpha value is -3.13. The number of anilines is 1. The highest BCUT2D eigenvalue weighted by atomic mass is 19.1. The molecule has 0 heterocycles. The normalized spacial score (nSPS) is 10.8. The van der Waals surface area contributed by atoms with E-state index in [9.17, 15) is 14.3 Å².